The van der Waals surface area contributed by atoms with E-state index in [1.807, 2.05) is 37.3 Å². The summed E-state index contributed by atoms with van der Waals surface area (Å²) in [5, 5.41) is 2.98. The zero-order chi connectivity index (χ0) is 15.6. The van der Waals surface area contributed by atoms with Crippen molar-refractivity contribution in [3.63, 3.8) is 0 Å². The van der Waals surface area contributed by atoms with E-state index in [2.05, 4.69) is 5.32 Å². The van der Waals surface area contributed by atoms with Crippen LogP contribution in [-0.2, 0) is 9.53 Å². The number of rotatable bonds is 8. The minimum Gasteiger partial charge on any atom is -0.481 e. The van der Waals surface area contributed by atoms with Gasteiger partial charge in [-0.1, -0.05) is 25.1 Å². The van der Waals surface area contributed by atoms with Crippen molar-refractivity contribution in [2.75, 3.05) is 39.4 Å². The number of ether oxygens (including phenoxy) is 2. The highest BCUT2D eigenvalue weighted by Gasteiger charge is 2.18. The SMILES string of the molecule is CC[C@@H](Oc1ccccc1)C(=O)NCCC[NH+]1CCOCC1. The molecule has 1 atom stereocenters. The van der Waals surface area contributed by atoms with Crippen molar-refractivity contribution < 1.29 is 19.2 Å². The van der Waals surface area contributed by atoms with Gasteiger partial charge in [-0.15, -0.1) is 0 Å². The second-order valence-corrected chi connectivity index (χ2v) is 5.58. The Bertz CT molecular complexity index is 433. The Morgan fingerprint density at radius 3 is 2.73 bits per heavy atom. The van der Waals surface area contributed by atoms with Crippen LogP contribution in [0.3, 0.4) is 0 Å². The molecular weight excluding hydrogens is 280 g/mol. The van der Waals surface area contributed by atoms with Crippen LogP contribution < -0.4 is 15.0 Å². The van der Waals surface area contributed by atoms with Gasteiger partial charge in [-0.05, 0) is 18.6 Å². The number of nitrogens with one attached hydrogen (secondary N) is 2. The third-order valence-electron chi connectivity index (χ3n) is 3.89. The molecule has 5 nitrogen and oxygen atoms in total. The van der Waals surface area contributed by atoms with E-state index < -0.39 is 6.10 Å². The van der Waals surface area contributed by atoms with Gasteiger partial charge < -0.3 is 19.7 Å². The molecule has 0 bridgehead atoms. The van der Waals surface area contributed by atoms with Gasteiger partial charge in [-0.25, -0.2) is 0 Å². The molecule has 1 aliphatic rings. The second-order valence-electron chi connectivity index (χ2n) is 5.58. The van der Waals surface area contributed by atoms with E-state index in [0.29, 0.717) is 13.0 Å². The average Bonchev–Trinajstić information content (AvgIpc) is 2.58. The monoisotopic (exact) mass is 307 g/mol. The number of carbonyl (C=O) groups is 1. The lowest BCUT2D eigenvalue weighted by atomic mass is 10.2. The summed E-state index contributed by atoms with van der Waals surface area (Å²) in [4.78, 5) is 13.7. The van der Waals surface area contributed by atoms with Crippen LogP contribution in [0, 0.1) is 0 Å². The number of morpholine rings is 1. The Balaban J connectivity index is 1.66. The molecule has 0 aliphatic carbocycles. The minimum absolute atomic E-state index is 0.0247. The summed E-state index contributed by atoms with van der Waals surface area (Å²) in [6, 6.07) is 9.49. The molecular formula is C17H27N2O3+. The fourth-order valence-electron chi connectivity index (χ4n) is 2.56. The Kier molecular flexibility index (Phi) is 7.19. The third-order valence-corrected chi connectivity index (χ3v) is 3.89. The summed E-state index contributed by atoms with van der Waals surface area (Å²) in [6.45, 7) is 7.60. The van der Waals surface area contributed by atoms with Crippen molar-refractivity contribution in [1.82, 2.24) is 5.32 Å². The van der Waals surface area contributed by atoms with Crippen LogP contribution in [-0.4, -0.2) is 51.4 Å². The molecule has 1 aliphatic heterocycles. The standard InChI is InChI=1S/C17H26N2O3/c1-2-16(22-15-7-4-3-5-8-15)17(20)18-9-6-10-19-11-13-21-14-12-19/h3-5,7-8,16H,2,6,9-14H2,1H3,(H,18,20)/p+1/t16-/m1/s1. The quantitative estimate of drug-likeness (QED) is 0.678. The molecule has 1 aromatic carbocycles. The number of hydrogen-bond acceptors (Lipinski definition) is 3. The van der Waals surface area contributed by atoms with Crippen molar-refractivity contribution >= 4 is 5.91 Å². The first-order chi connectivity index (χ1) is 10.8. The predicted molar refractivity (Wildman–Crippen MR) is 85.2 cm³/mol. The van der Waals surface area contributed by atoms with Gasteiger partial charge >= 0.3 is 0 Å². The maximum absolute atomic E-state index is 12.2. The third kappa shape index (κ3) is 5.66. The summed E-state index contributed by atoms with van der Waals surface area (Å²) in [5.74, 6) is 0.714. The van der Waals surface area contributed by atoms with Crippen LogP contribution in [0.5, 0.6) is 5.75 Å². The molecule has 1 saturated heterocycles. The van der Waals surface area contributed by atoms with Crippen molar-refractivity contribution in [2.24, 2.45) is 0 Å². The maximum atomic E-state index is 12.2. The van der Waals surface area contributed by atoms with E-state index in [1.54, 1.807) is 4.90 Å². The molecule has 2 rings (SSSR count). The summed E-state index contributed by atoms with van der Waals surface area (Å²) >= 11 is 0. The molecule has 1 fully saturated rings. The summed E-state index contributed by atoms with van der Waals surface area (Å²) in [7, 11) is 0. The van der Waals surface area contributed by atoms with Crippen molar-refractivity contribution in [3.05, 3.63) is 30.3 Å². The minimum atomic E-state index is -0.418. The topological polar surface area (TPSA) is 52.0 Å². The van der Waals surface area contributed by atoms with E-state index in [4.69, 9.17) is 9.47 Å². The Hall–Kier alpha value is -1.59. The Morgan fingerprint density at radius 2 is 2.05 bits per heavy atom. The highest BCUT2D eigenvalue weighted by molar-refractivity contribution is 5.81. The lowest BCUT2D eigenvalue weighted by Crippen LogP contribution is -3.14. The van der Waals surface area contributed by atoms with Crippen LogP contribution in [0.2, 0.25) is 0 Å². The zero-order valence-corrected chi connectivity index (χ0v) is 13.3. The molecule has 1 aromatic rings. The van der Waals surface area contributed by atoms with Crippen LogP contribution in [0.15, 0.2) is 30.3 Å². The van der Waals surface area contributed by atoms with Crippen molar-refractivity contribution in [1.29, 1.82) is 0 Å². The van der Waals surface area contributed by atoms with Gasteiger partial charge in [0.25, 0.3) is 5.91 Å². The number of amides is 1. The van der Waals surface area contributed by atoms with Crippen molar-refractivity contribution in [3.8, 4) is 5.75 Å². The zero-order valence-electron chi connectivity index (χ0n) is 13.3. The maximum Gasteiger partial charge on any atom is 0.261 e. The largest absolute Gasteiger partial charge is 0.481 e. The Labute approximate surface area is 132 Å². The fourth-order valence-corrected chi connectivity index (χ4v) is 2.56. The van der Waals surface area contributed by atoms with E-state index in [-0.39, 0.29) is 5.91 Å². The van der Waals surface area contributed by atoms with Crippen LogP contribution in [0.4, 0.5) is 0 Å². The van der Waals surface area contributed by atoms with E-state index in [1.165, 1.54) is 0 Å². The predicted octanol–water partition coefficient (Wildman–Crippen LogP) is 0.265. The van der Waals surface area contributed by atoms with Gasteiger partial charge in [-0.3, -0.25) is 4.79 Å². The number of hydrogen-bond donors (Lipinski definition) is 2. The molecule has 0 aromatic heterocycles. The molecule has 122 valence electrons. The molecule has 22 heavy (non-hydrogen) atoms. The van der Waals surface area contributed by atoms with E-state index >= 15 is 0 Å². The highest BCUT2D eigenvalue weighted by Crippen LogP contribution is 2.12. The molecule has 2 N–H and O–H groups in total. The first-order valence-electron chi connectivity index (χ1n) is 8.20. The number of para-hydroxylation sites is 1. The van der Waals surface area contributed by atoms with Crippen LogP contribution in [0.1, 0.15) is 19.8 Å². The second kappa shape index (κ2) is 9.43. The molecule has 5 heteroatoms. The normalized spacial score (nSPS) is 17.0. The summed E-state index contributed by atoms with van der Waals surface area (Å²) in [6.07, 6.45) is 1.23. The van der Waals surface area contributed by atoms with Gasteiger partial charge in [0.1, 0.15) is 18.8 Å². The molecule has 0 unspecified atom stereocenters. The molecule has 0 saturated carbocycles. The van der Waals surface area contributed by atoms with Crippen LogP contribution >= 0.6 is 0 Å². The van der Waals surface area contributed by atoms with E-state index in [9.17, 15) is 4.79 Å². The highest BCUT2D eigenvalue weighted by atomic mass is 16.5. The first-order valence-corrected chi connectivity index (χ1v) is 8.20. The molecule has 0 radical (unpaired) electrons. The lowest BCUT2D eigenvalue weighted by molar-refractivity contribution is -0.908. The molecule has 1 heterocycles. The number of benzene rings is 1. The van der Waals surface area contributed by atoms with Gasteiger partial charge in [-0.2, -0.15) is 0 Å². The lowest BCUT2D eigenvalue weighted by Gasteiger charge is -2.23. The average molecular weight is 307 g/mol. The van der Waals surface area contributed by atoms with Gasteiger partial charge in [0, 0.05) is 13.0 Å². The van der Waals surface area contributed by atoms with Gasteiger partial charge in [0.05, 0.1) is 19.8 Å². The summed E-state index contributed by atoms with van der Waals surface area (Å²) in [5.41, 5.74) is 0. The van der Waals surface area contributed by atoms with Gasteiger partial charge in [0.15, 0.2) is 6.10 Å². The fraction of sp³-hybridized carbons (Fsp3) is 0.588. The first kappa shape index (κ1) is 16.8. The molecule has 0 spiro atoms. The number of quaternary nitrogens is 1. The Morgan fingerprint density at radius 1 is 1.32 bits per heavy atom. The van der Waals surface area contributed by atoms with Crippen molar-refractivity contribution in [2.45, 2.75) is 25.9 Å². The molecule has 1 amide bonds. The van der Waals surface area contributed by atoms with E-state index in [0.717, 1.165) is 45.0 Å². The van der Waals surface area contributed by atoms with Crippen LogP contribution in [0.25, 0.3) is 0 Å². The van der Waals surface area contributed by atoms with Gasteiger partial charge in [0.2, 0.25) is 0 Å². The number of carbonyl (C=O) groups excluding carboxylic acids is 1. The smallest absolute Gasteiger partial charge is 0.261 e. The summed E-state index contributed by atoms with van der Waals surface area (Å²) < 4.78 is 11.1.